The van der Waals surface area contributed by atoms with Crippen LogP contribution in [0, 0.1) is 6.57 Å². The summed E-state index contributed by atoms with van der Waals surface area (Å²) in [5.41, 5.74) is 1.78. The lowest BCUT2D eigenvalue weighted by Crippen LogP contribution is -2.11. The third kappa shape index (κ3) is 3.90. The van der Waals surface area contributed by atoms with Crippen LogP contribution in [0.2, 0.25) is 10.0 Å². The maximum atomic E-state index is 12.5. The molecule has 0 aliphatic carbocycles. The van der Waals surface area contributed by atoms with E-state index < -0.39 is 0 Å². The summed E-state index contributed by atoms with van der Waals surface area (Å²) in [4.78, 5) is 19.8. The van der Waals surface area contributed by atoms with E-state index in [-0.39, 0.29) is 18.1 Å². The number of hydrogen-bond acceptors (Lipinski definition) is 5. The number of ketones is 1. The second kappa shape index (κ2) is 7.87. The van der Waals surface area contributed by atoms with Crippen molar-refractivity contribution in [3.8, 4) is 11.5 Å². The first kappa shape index (κ1) is 18.9. The van der Waals surface area contributed by atoms with Crippen LogP contribution in [0.1, 0.15) is 10.4 Å². The Morgan fingerprint density at radius 1 is 1.21 bits per heavy atom. The second-order valence-electron chi connectivity index (χ2n) is 6.02. The van der Waals surface area contributed by atoms with Crippen LogP contribution in [-0.4, -0.2) is 25.8 Å². The molecular formula is C20H11Cl2N5O2. The summed E-state index contributed by atoms with van der Waals surface area (Å²) in [7, 11) is 0. The SMILES string of the molecule is [C-]#[N+]c1cc(Cl)cc(Oc2c(Cl)ccc3c2nnn3CC(=O)c2cccnc2)c1. The molecule has 0 saturated carbocycles. The minimum Gasteiger partial charge on any atom is -0.455 e. The summed E-state index contributed by atoms with van der Waals surface area (Å²) in [6.45, 7) is 7.14. The van der Waals surface area contributed by atoms with E-state index in [1.165, 1.54) is 16.9 Å². The van der Waals surface area contributed by atoms with Crippen LogP contribution in [0.4, 0.5) is 5.69 Å². The number of nitrogens with zero attached hydrogens (tertiary/aromatic N) is 5. The number of halogens is 2. The van der Waals surface area contributed by atoms with Gasteiger partial charge < -0.3 is 4.74 Å². The largest absolute Gasteiger partial charge is 0.455 e. The van der Waals surface area contributed by atoms with E-state index >= 15 is 0 Å². The molecular weight excluding hydrogens is 413 g/mol. The fourth-order valence-electron chi connectivity index (χ4n) is 2.75. The number of hydrogen-bond donors (Lipinski definition) is 0. The molecule has 2 aromatic carbocycles. The molecule has 0 unspecified atom stereocenters. The van der Waals surface area contributed by atoms with Crippen LogP contribution in [-0.2, 0) is 6.54 Å². The van der Waals surface area contributed by atoms with E-state index in [1.807, 2.05) is 0 Å². The van der Waals surface area contributed by atoms with Gasteiger partial charge in [-0.25, -0.2) is 9.53 Å². The zero-order chi connectivity index (χ0) is 20.4. The van der Waals surface area contributed by atoms with Crippen LogP contribution in [0.3, 0.4) is 0 Å². The van der Waals surface area contributed by atoms with Gasteiger partial charge in [-0.15, -0.1) is 5.10 Å². The zero-order valence-electron chi connectivity index (χ0n) is 14.7. The number of ether oxygens (including phenoxy) is 1. The number of pyridine rings is 1. The first-order chi connectivity index (χ1) is 14.0. The molecule has 0 atom stereocenters. The molecule has 0 saturated heterocycles. The fourth-order valence-corrected chi connectivity index (χ4v) is 3.16. The number of carbonyl (C=O) groups is 1. The lowest BCUT2D eigenvalue weighted by atomic mass is 10.2. The molecule has 4 aromatic rings. The number of fused-ring (bicyclic) bond motifs is 1. The maximum Gasteiger partial charge on any atom is 0.192 e. The first-order valence-corrected chi connectivity index (χ1v) is 9.11. The highest BCUT2D eigenvalue weighted by Crippen LogP contribution is 2.37. The van der Waals surface area contributed by atoms with Crippen LogP contribution < -0.4 is 4.74 Å². The summed E-state index contributed by atoms with van der Waals surface area (Å²) in [5.74, 6) is 0.459. The first-order valence-electron chi connectivity index (χ1n) is 8.36. The second-order valence-corrected chi connectivity index (χ2v) is 6.86. The maximum absolute atomic E-state index is 12.5. The molecule has 0 radical (unpaired) electrons. The summed E-state index contributed by atoms with van der Waals surface area (Å²) in [5, 5.41) is 8.87. The third-order valence-electron chi connectivity index (χ3n) is 4.07. The van der Waals surface area contributed by atoms with E-state index in [0.717, 1.165) is 0 Å². The number of benzene rings is 2. The van der Waals surface area contributed by atoms with Crippen molar-refractivity contribution in [3.63, 3.8) is 0 Å². The summed E-state index contributed by atoms with van der Waals surface area (Å²) in [6.07, 6.45) is 3.10. The average molecular weight is 424 g/mol. The highest BCUT2D eigenvalue weighted by molar-refractivity contribution is 6.33. The zero-order valence-corrected chi connectivity index (χ0v) is 16.2. The average Bonchev–Trinajstić information content (AvgIpc) is 3.13. The third-order valence-corrected chi connectivity index (χ3v) is 4.59. The highest BCUT2D eigenvalue weighted by atomic mass is 35.5. The van der Waals surface area contributed by atoms with Crippen molar-refractivity contribution in [1.29, 1.82) is 0 Å². The summed E-state index contributed by atoms with van der Waals surface area (Å²) < 4.78 is 7.35. The van der Waals surface area contributed by atoms with Crippen LogP contribution in [0.5, 0.6) is 11.5 Å². The molecule has 4 rings (SSSR count). The molecule has 2 aromatic heterocycles. The summed E-state index contributed by atoms with van der Waals surface area (Å²) >= 11 is 12.3. The Morgan fingerprint density at radius 2 is 2.07 bits per heavy atom. The molecule has 0 aliphatic heterocycles. The minimum atomic E-state index is -0.154. The molecule has 0 N–H and O–H groups in total. The smallest absolute Gasteiger partial charge is 0.192 e. The molecule has 9 heteroatoms. The van der Waals surface area contributed by atoms with Gasteiger partial charge in [-0.05, 0) is 42.5 Å². The van der Waals surface area contributed by atoms with Crippen molar-refractivity contribution in [2.45, 2.75) is 6.54 Å². The predicted molar refractivity (Wildman–Crippen MR) is 109 cm³/mol. The van der Waals surface area contributed by atoms with Gasteiger partial charge in [0.2, 0.25) is 0 Å². The van der Waals surface area contributed by atoms with Crippen LogP contribution in [0.25, 0.3) is 15.9 Å². The molecule has 0 bridgehead atoms. The number of rotatable bonds is 5. The Balaban J connectivity index is 1.70. The van der Waals surface area contributed by atoms with E-state index in [9.17, 15) is 4.79 Å². The highest BCUT2D eigenvalue weighted by Gasteiger charge is 2.17. The van der Waals surface area contributed by atoms with Crippen LogP contribution in [0.15, 0.2) is 54.9 Å². The lowest BCUT2D eigenvalue weighted by Gasteiger charge is -2.09. The van der Waals surface area contributed by atoms with Crippen molar-refractivity contribution < 1.29 is 9.53 Å². The number of carbonyl (C=O) groups excluding carboxylic acids is 1. The number of aromatic nitrogens is 4. The Bertz CT molecular complexity index is 1270. The van der Waals surface area contributed by atoms with Gasteiger partial charge in [-0.3, -0.25) is 9.78 Å². The van der Waals surface area contributed by atoms with Crippen molar-refractivity contribution in [2.75, 3.05) is 0 Å². The van der Waals surface area contributed by atoms with Gasteiger partial charge in [0.05, 0.1) is 17.1 Å². The standard InChI is InChI=1S/C20H11Cl2N5O2/c1-23-14-7-13(21)8-15(9-14)29-20-16(22)4-5-17-19(20)25-26-27(17)11-18(28)12-3-2-6-24-10-12/h2-10H,11H2. The Morgan fingerprint density at radius 3 is 2.83 bits per heavy atom. The monoisotopic (exact) mass is 423 g/mol. The Kier molecular flexibility index (Phi) is 5.12. The van der Waals surface area contributed by atoms with Crippen molar-refractivity contribution in [1.82, 2.24) is 20.0 Å². The molecule has 0 amide bonds. The van der Waals surface area contributed by atoms with E-state index in [0.29, 0.717) is 38.1 Å². The van der Waals surface area contributed by atoms with Gasteiger partial charge >= 0.3 is 0 Å². The van der Waals surface area contributed by atoms with Gasteiger partial charge in [-0.1, -0.05) is 28.4 Å². The Labute approximate surface area is 175 Å². The van der Waals surface area contributed by atoms with E-state index in [2.05, 4.69) is 20.1 Å². The molecule has 2 heterocycles. The summed E-state index contributed by atoms with van der Waals surface area (Å²) in [6, 6.07) is 11.4. The molecule has 0 spiro atoms. The topological polar surface area (TPSA) is 74.3 Å². The molecule has 142 valence electrons. The van der Waals surface area contributed by atoms with Gasteiger partial charge in [0.1, 0.15) is 12.3 Å². The van der Waals surface area contributed by atoms with E-state index in [4.69, 9.17) is 34.5 Å². The Hall–Kier alpha value is -3.47. The van der Waals surface area contributed by atoms with Gasteiger partial charge in [0.15, 0.2) is 22.7 Å². The van der Waals surface area contributed by atoms with Crippen molar-refractivity contribution in [3.05, 3.63) is 81.9 Å². The van der Waals surface area contributed by atoms with Crippen LogP contribution >= 0.6 is 23.2 Å². The number of Topliss-reactive ketones (excluding diaryl/α,β-unsaturated/α-hetero) is 1. The quantitative estimate of drug-likeness (QED) is 0.319. The van der Waals surface area contributed by atoms with Gasteiger partial charge in [0, 0.05) is 23.0 Å². The normalized spacial score (nSPS) is 10.7. The van der Waals surface area contributed by atoms with Crippen molar-refractivity contribution in [2.24, 2.45) is 0 Å². The van der Waals surface area contributed by atoms with Gasteiger partial charge in [-0.2, -0.15) is 0 Å². The van der Waals surface area contributed by atoms with Crippen molar-refractivity contribution >= 4 is 45.7 Å². The fraction of sp³-hybridized carbons (Fsp3) is 0.0500. The predicted octanol–water partition coefficient (Wildman–Crippen LogP) is 5.36. The lowest BCUT2D eigenvalue weighted by molar-refractivity contribution is 0.0968. The molecule has 7 nitrogen and oxygen atoms in total. The molecule has 29 heavy (non-hydrogen) atoms. The van der Waals surface area contributed by atoms with E-state index in [1.54, 1.807) is 42.6 Å². The van der Waals surface area contributed by atoms with Gasteiger partial charge in [0.25, 0.3) is 0 Å². The minimum absolute atomic E-state index is 0.0116. The molecule has 0 aliphatic rings. The molecule has 0 fully saturated rings.